The minimum atomic E-state index is -0.995. The fourth-order valence-electron chi connectivity index (χ4n) is 2.78. The van der Waals surface area contributed by atoms with Crippen LogP contribution in [0.5, 0.6) is 0 Å². The highest BCUT2D eigenvalue weighted by Gasteiger charge is 2.53. The highest BCUT2D eigenvalue weighted by Crippen LogP contribution is 2.39. The van der Waals surface area contributed by atoms with Crippen LogP contribution in [-0.2, 0) is 14.3 Å². The van der Waals surface area contributed by atoms with Crippen molar-refractivity contribution in [1.29, 1.82) is 0 Å². The van der Waals surface area contributed by atoms with E-state index in [2.05, 4.69) is 11.1 Å². The first kappa shape index (κ1) is 21.8. The van der Waals surface area contributed by atoms with Crippen LogP contribution in [0.15, 0.2) is 36.4 Å². The molecule has 0 spiro atoms. The maximum atomic E-state index is 12.3. The van der Waals surface area contributed by atoms with Gasteiger partial charge in [-0.2, -0.15) is 0 Å². The van der Waals surface area contributed by atoms with Crippen LogP contribution < -0.4 is 11.1 Å². The van der Waals surface area contributed by atoms with Gasteiger partial charge in [0.1, 0.15) is 5.92 Å². The largest absolute Gasteiger partial charge is 0.481 e. The van der Waals surface area contributed by atoms with Crippen molar-refractivity contribution in [1.82, 2.24) is 0 Å². The smallest absolute Gasteiger partial charge is 0.310 e. The molecule has 4 unspecified atom stereocenters. The summed E-state index contributed by atoms with van der Waals surface area (Å²) in [7, 11) is 1.50. The Morgan fingerprint density at radius 1 is 1.12 bits per heavy atom. The standard InChI is InChI=1S/C15H15NO4.C3H8O.CH5N/c1-8-2-4-9(5-3-8)16-14(17)12-10-6-7-11(20-10)13(12)15(18)19;1-2-3-4;1-2/h2-7,10-13H,1H3,(H,16,17)(H,18,19);4H,2-3H2,1H3;2H2,1H3. The maximum absolute atomic E-state index is 12.3. The molecular formula is C19H28N2O5. The lowest BCUT2D eigenvalue weighted by Crippen LogP contribution is -2.39. The van der Waals surface area contributed by atoms with Gasteiger partial charge >= 0.3 is 5.97 Å². The number of carbonyl (C=O) groups is 2. The van der Waals surface area contributed by atoms with E-state index in [4.69, 9.17) is 9.84 Å². The monoisotopic (exact) mass is 364 g/mol. The first-order valence-corrected chi connectivity index (χ1v) is 8.60. The van der Waals surface area contributed by atoms with Crippen LogP contribution in [0.3, 0.4) is 0 Å². The van der Waals surface area contributed by atoms with Crippen LogP contribution >= 0.6 is 0 Å². The number of carboxylic acids is 1. The highest BCUT2D eigenvalue weighted by molar-refractivity contribution is 5.96. The second kappa shape index (κ2) is 10.7. The SMILES string of the molecule is CCCO.CN.Cc1ccc(NC(=O)C2C3C=CC(O3)C2C(=O)O)cc1. The number of nitrogens with two attached hydrogens (primary N) is 1. The molecule has 1 aromatic rings. The average Bonchev–Trinajstić information content (AvgIpc) is 3.27. The van der Waals surface area contributed by atoms with Crippen LogP contribution in [0.1, 0.15) is 18.9 Å². The minimum Gasteiger partial charge on any atom is -0.481 e. The molecule has 5 N–H and O–H groups in total. The lowest BCUT2D eigenvalue weighted by molar-refractivity contribution is -0.145. The van der Waals surface area contributed by atoms with Gasteiger partial charge in [-0.3, -0.25) is 9.59 Å². The molecule has 144 valence electrons. The van der Waals surface area contributed by atoms with Crippen molar-refractivity contribution in [2.75, 3.05) is 19.0 Å². The van der Waals surface area contributed by atoms with E-state index < -0.39 is 30.0 Å². The summed E-state index contributed by atoms with van der Waals surface area (Å²) in [5.41, 5.74) is 6.26. The van der Waals surface area contributed by atoms with Crippen molar-refractivity contribution < 1.29 is 24.5 Å². The summed E-state index contributed by atoms with van der Waals surface area (Å²) < 4.78 is 5.48. The number of amides is 1. The van der Waals surface area contributed by atoms with Crippen LogP contribution in [0.2, 0.25) is 0 Å². The van der Waals surface area contributed by atoms with Crippen molar-refractivity contribution in [3.63, 3.8) is 0 Å². The number of aliphatic hydroxyl groups excluding tert-OH is 1. The third-order valence-corrected chi connectivity index (χ3v) is 4.03. The average molecular weight is 364 g/mol. The number of fused-ring (bicyclic) bond motifs is 2. The minimum absolute atomic E-state index is 0.307. The molecule has 0 aromatic heterocycles. The van der Waals surface area contributed by atoms with Gasteiger partial charge in [-0.1, -0.05) is 36.8 Å². The fraction of sp³-hybridized carbons (Fsp3) is 0.474. The zero-order chi connectivity index (χ0) is 19.7. The molecule has 2 heterocycles. The van der Waals surface area contributed by atoms with E-state index in [1.807, 2.05) is 26.0 Å². The number of nitrogens with one attached hydrogen (secondary N) is 1. The number of carbonyl (C=O) groups excluding carboxylic acids is 1. The Balaban J connectivity index is 0.000000500. The molecule has 0 saturated carbocycles. The molecule has 1 saturated heterocycles. The van der Waals surface area contributed by atoms with Gasteiger partial charge in [-0.05, 0) is 32.5 Å². The van der Waals surface area contributed by atoms with E-state index in [1.165, 1.54) is 7.05 Å². The molecule has 1 amide bonds. The molecule has 26 heavy (non-hydrogen) atoms. The lowest BCUT2D eigenvalue weighted by atomic mass is 9.82. The van der Waals surface area contributed by atoms with Gasteiger partial charge in [-0.15, -0.1) is 0 Å². The zero-order valence-corrected chi connectivity index (χ0v) is 15.4. The molecule has 7 heteroatoms. The zero-order valence-electron chi connectivity index (χ0n) is 15.4. The van der Waals surface area contributed by atoms with Crippen LogP contribution in [0.25, 0.3) is 0 Å². The molecule has 0 aliphatic carbocycles. The molecule has 0 radical (unpaired) electrons. The number of benzene rings is 1. The Kier molecular flexibility index (Phi) is 8.98. The van der Waals surface area contributed by atoms with Crippen molar-refractivity contribution in [2.45, 2.75) is 32.5 Å². The van der Waals surface area contributed by atoms with E-state index in [1.54, 1.807) is 24.3 Å². The first-order chi connectivity index (χ1) is 12.5. The van der Waals surface area contributed by atoms with Gasteiger partial charge in [0.2, 0.25) is 5.91 Å². The van der Waals surface area contributed by atoms with E-state index in [0.29, 0.717) is 12.3 Å². The normalized spacial score (nSPS) is 24.8. The summed E-state index contributed by atoms with van der Waals surface area (Å²) in [4.78, 5) is 23.6. The summed E-state index contributed by atoms with van der Waals surface area (Å²) in [5, 5.41) is 19.9. The summed E-state index contributed by atoms with van der Waals surface area (Å²) in [6.45, 7) is 4.21. The van der Waals surface area contributed by atoms with Crippen LogP contribution in [-0.4, -0.2) is 48.0 Å². The third-order valence-electron chi connectivity index (χ3n) is 4.03. The lowest BCUT2D eigenvalue weighted by Gasteiger charge is -2.21. The number of hydrogen-bond acceptors (Lipinski definition) is 5. The summed E-state index contributed by atoms with van der Waals surface area (Å²) in [5.74, 6) is -2.79. The number of anilines is 1. The van der Waals surface area contributed by atoms with Gasteiger partial charge in [0, 0.05) is 12.3 Å². The van der Waals surface area contributed by atoms with Crippen LogP contribution in [0.4, 0.5) is 5.69 Å². The van der Waals surface area contributed by atoms with Crippen molar-refractivity contribution in [3.05, 3.63) is 42.0 Å². The van der Waals surface area contributed by atoms with E-state index in [0.717, 1.165) is 12.0 Å². The Labute approximate surface area is 153 Å². The van der Waals surface area contributed by atoms with E-state index >= 15 is 0 Å². The molecule has 1 aromatic carbocycles. The summed E-state index contributed by atoms with van der Waals surface area (Å²) in [6.07, 6.45) is 3.43. The van der Waals surface area contributed by atoms with E-state index in [9.17, 15) is 14.7 Å². The molecule has 2 aliphatic heterocycles. The van der Waals surface area contributed by atoms with Gasteiger partial charge < -0.3 is 26.0 Å². The first-order valence-electron chi connectivity index (χ1n) is 8.60. The number of aryl methyl sites for hydroxylation is 1. The van der Waals surface area contributed by atoms with Crippen molar-refractivity contribution in [2.24, 2.45) is 17.6 Å². The molecule has 2 aliphatic rings. The summed E-state index contributed by atoms with van der Waals surface area (Å²) >= 11 is 0. The Bertz CT molecular complexity index is 613. The Hall–Kier alpha value is -2.22. The molecule has 3 rings (SSSR count). The van der Waals surface area contributed by atoms with Crippen molar-refractivity contribution >= 4 is 17.6 Å². The van der Waals surface area contributed by atoms with Gasteiger partial charge in [0.05, 0.1) is 18.1 Å². The number of ether oxygens (including phenoxy) is 1. The number of hydrogen-bond donors (Lipinski definition) is 4. The highest BCUT2D eigenvalue weighted by atomic mass is 16.5. The van der Waals surface area contributed by atoms with Crippen LogP contribution in [0, 0.1) is 18.8 Å². The Morgan fingerprint density at radius 3 is 2.08 bits per heavy atom. The molecular weight excluding hydrogens is 336 g/mol. The van der Waals surface area contributed by atoms with Gasteiger partial charge in [0.25, 0.3) is 0 Å². The molecule has 7 nitrogen and oxygen atoms in total. The second-order valence-electron chi connectivity index (χ2n) is 5.92. The maximum Gasteiger partial charge on any atom is 0.310 e. The number of aliphatic carboxylic acids is 1. The predicted molar refractivity (Wildman–Crippen MR) is 99.7 cm³/mol. The number of rotatable bonds is 4. The fourth-order valence-corrected chi connectivity index (χ4v) is 2.78. The molecule has 4 atom stereocenters. The molecule has 2 bridgehead atoms. The van der Waals surface area contributed by atoms with Gasteiger partial charge in [0.15, 0.2) is 0 Å². The number of carboxylic acid groups (broad SMARTS) is 1. The Morgan fingerprint density at radius 2 is 1.62 bits per heavy atom. The third kappa shape index (κ3) is 5.39. The van der Waals surface area contributed by atoms with Crippen molar-refractivity contribution in [3.8, 4) is 0 Å². The van der Waals surface area contributed by atoms with Gasteiger partial charge in [-0.25, -0.2) is 0 Å². The number of aliphatic hydroxyl groups is 1. The quantitative estimate of drug-likeness (QED) is 0.601. The summed E-state index contributed by atoms with van der Waals surface area (Å²) in [6, 6.07) is 7.38. The molecule has 1 fully saturated rings. The topological polar surface area (TPSA) is 122 Å². The van der Waals surface area contributed by atoms with E-state index in [-0.39, 0.29) is 5.91 Å². The predicted octanol–water partition coefficient (Wildman–Crippen LogP) is 1.55. The second-order valence-corrected chi connectivity index (χ2v) is 5.92.